The van der Waals surface area contributed by atoms with Gasteiger partial charge in [-0.1, -0.05) is 0 Å². The fourth-order valence-electron chi connectivity index (χ4n) is 2.01. The Labute approximate surface area is 102 Å². The third kappa shape index (κ3) is 3.07. The monoisotopic (exact) mass is 233 g/mol. The van der Waals surface area contributed by atoms with E-state index in [1.807, 2.05) is 23.9 Å². The SMILES string of the molecule is CN1CCN(NCc2cc(C#N)n(C)c2)CC1. The molecule has 0 amide bonds. The van der Waals surface area contributed by atoms with Gasteiger partial charge in [-0.15, -0.1) is 0 Å². The molecule has 0 unspecified atom stereocenters. The summed E-state index contributed by atoms with van der Waals surface area (Å²) < 4.78 is 1.86. The second kappa shape index (κ2) is 5.32. The Hall–Kier alpha value is -1.35. The minimum Gasteiger partial charge on any atom is -0.342 e. The number of nitrogens with one attached hydrogen (secondary N) is 1. The minimum atomic E-state index is 0.708. The Kier molecular flexibility index (Phi) is 3.79. The first-order valence-electron chi connectivity index (χ1n) is 5.91. The van der Waals surface area contributed by atoms with Gasteiger partial charge in [0.1, 0.15) is 11.8 Å². The van der Waals surface area contributed by atoms with Crippen molar-refractivity contribution in [2.24, 2.45) is 7.05 Å². The van der Waals surface area contributed by atoms with Crippen LogP contribution in [-0.4, -0.2) is 47.7 Å². The van der Waals surface area contributed by atoms with Crippen molar-refractivity contribution in [3.05, 3.63) is 23.5 Å². The van der Waals surface area contributed by atoms with Crippen LogP contribution in [0, 0.1) is 11.3 Å². The lowest BCUT2D eigenvalue weighted by atomic mass is 10.3. The Morgan fingerprint density at radius 2 is 2.00 bits per heavy atom. The second-order valence-corrected chi connectivity index (χ2v) is 4.58. The molecule has 0 bridgehead atoms. The molecule has 0 radical (unpaired) electrons. The van der Waals surface area contributed by atoms with Crippen molar-refractivity contribution in [2.75, 3.05) is 33.2 Å². The van der Waals surface area contributed by atoms with Crippen molar-refractivity contribution in [1.29, 1.82) is 5.26 Å². The molecule has 5 heteroatoms. The molecule has 92 valence electrons. The van der Waals surface area contributed by atoms with E-state index in [2.05, 4.69) is 28.5 Å². The highest BCUT2D eigenvalue weighted by atomic mass is 15.5. The van der Waals surface area contributed by atoms with E-state index in [0.29, 0.717) is 5.69 Å². The smallest absolute Gasteiger partial charge is 0.120 e. The third-order valence-corrected chi connectivity index (χ3v) is 3.19. The lowest BCUT2D eigenvalue weighted by Crippen LogP contribution is -2.50. The average Bonchev–Trinajstić information content (AvgIpc) is 2.69. The van der Waals surface area contributed by atoms with Crippen LogP contribution in [0.3, 0.4) is 0 Å². The highest BCUT2D eigenvalue weighted by Crippen LogP contribution is 2.06. The van der Waals surface area contributed by atoms with Crippen molar-refractivity contribution in [3.8, 4) is 6.07 Å². The van der Waals surface area contributed by atoms with Crippen molar-refractivity contribution < 1.29 is 0 Å². The van der Waals surface area contributed by atoms with E-state index < -0.39 is 0 Å². The van der Waals surface area contributed by atoms with E-state index in [1.165, 1.54) is 0 Å². The number of nitriles is 1. The van der Waals surface area contributed by atoms with Crippen molar-refractivity contribution in [3.63, 3.8) is 0 Å². The number of likely N-dealkylation sites (N-methyl/N-ethyl adjacent to an activating group) is 1. The number of aromatic nitrogens is 1. The van der Waals surface area contributed by atoms with Gasteiger partial charge in [-0.2, -0.15) is 5.26 Å². The van der Waals surface area contributed by atoms with Crippen LogP contribution in [0.1, 0.15) is 11.3 Å². The Balaban J connectivity index is 1.83. The molecule has 0 aromatic carbocycles. The fraction of sp³-hybridized carbons (Fsp3) is 0.583. The molecule has 1 aromatic rings. The average molecular weight is 233 g/mol. The number of hydrogen-bond acceptors (Lipinski definition) is 4. The first-order chi connectivity index (χ1) is 8.19. The normalized spacial score (nSPS) is 18.2. The molecule has 0 spiro atoms. The second-order valence-electron chi connectivity index (χ2n) is 4.58. The van der Waals surface area contributed by atoms with Gasteiger partial charge in [0.05, 0.1) is 0 Å². The van der Waals surface area contributed by atoms with Crippen LogP contribution in [0.25, 0.3) is 0 Å². The summed E-state index contributed by atoms with van der Waals surface area (Å²) in [5.74, 6) is 0. The maximum atomic E-state index is 8.87. The largest absolute Gasteiger partial charge is 0.342 e. The number of piperazine rings is 1. The first-order valence-corrected chi connectivity index (χ1v) is 5.91. The van der Waals surface area contributed by atoms with Crippen LogP contribution in [-0.2, 0) is 13.6 Å². The molecule has 2 heterocycles. The van der Waals surface area contributed by atoms with Crippen molar-refractivity contribution in [2.45, 2.75) is 6.54 Å². The molecule has 17 heavy (non-hydrogen) atoms. The van der Waals surface area contributed by atoms with Gasteiger partial charge in [-0.25, -0.2) is 5.01 Å². The van der Waals surface area contributed by atoms with Gasteiger partial charge in [-0.05, 0) is 18.7 Å². The summed E-state index contributed by atoms with van der Waals surface area (Å²) in [5, 5.41) is 11.1. The van der Waals surface area contributed by atoms with Gasteiger partial charge in [0.2, 0.25) is 0 Å². The molecule has 1 fully saturated rings. The molecule has 1 aliphatic heterocycles. The zero-order chi connectivity index (χ0) is 12.3. The molecule has 5 nitrogen and oxygen atoms in total. The van der Waals surface area contributed by atoms with E-state index in [-0.39, 0.29) is 0 Å². The van der Waals surface area contributed by atoms with E-state index in [9.17, 15) is 0 Å². The zero-order valence-corrected chi connectivity index (χ0v) is 10.5. The summed E-state index contributed by atoms with van der Waals surface area (Å²) in [6.07, 6.45) is 2.00. The van der Waals surface area contributed by atoms with Crippen LogP contribution in [0.2, 0.25) is 0 Å². The minimum absolute atomic E-state index is 0.708. The topological polar surface area (TPSA) is 47.2 Å². The van der Waals surface area contributed by atoms with E-state index >= 15 is 0 Å². The van der Waals surface area contributed by atoms with Gasteiger partial charge in [0, 0.05) is 46.0 Å². The molecule has 0 aliphatic carbocycles. The highest BCUT2D eigenvalue weighted by Gasteiger charge is 2.13. The van der Waals surface area contributed by atoms with Crippen LogP contribution >= 0.6 is 0 Å². The molecule has 1 aliphatic rings. The Bertz CT molecular complexity index is 409. The van der Waals surface area contributed by atoms with Gasteiger partial charge < -0.3 is 9.47 Å². The number of nitrogens with zero attached hydrogens (tertiary/aromatic N) is 4. The lowest BCUT2D eigenvalue weighted by molar-refractivity contribution is 0.102. The quantitative estimate of drug-likeness (QED) is 0.807. The predicted octanol–water partition coefficient (Wildman–Crippen LogP) is 0.149. The van der Waals surface area contributed by atoms with E-state index in [0.717, 1.165) is 38.3 Å². The van der Waals surface area contributed by atoms with E-state index in [1.54, 1.807) is 0 Å². The standard InChI is InChI=1S/C12H19N5/c1-15-3-5-17(6-4-15)14-9-11-7-12(8-13)16(2)10-11/h7,10,14H,3-6,9H2,1-2H3. The maximum Gasteiger partial charge on any atom is 0.120 e. The van der Waals surface area contributed by atoms with Gasteiger partial charge in [0.25, 0.3) is 0 Å². The first kappa shape index (κ1) is 12.1. The number of hydrogen-bond donors (Lipinski definition) is 1. The third-order valence-electron chi connectivity index (χ3n) is 3.19. The summed E-state index contributed by atoms with van der Waals surface area (Å²) in [6.45, 7) is 5.10. The van der Waals surface area contributed by atoms with Crippen LogP contribution in [0.4, 0.5) is 0 Å². The van der Waals surface area contributed by atoms with Crippen LogP contribution in [0.5, 0.6) is 0 Å². The molecule has 1 saturated heterocycles. The number of aryl methyl sites for hydroxylation is 1. The molecule has 1 aromatic heterocycles. The summed E-state index contributed by atoms with van der Waals surface area (Å²) in [5.41, 5.74) is 5.27. The summed E-state index contributed by atoms with van der Waals surface area (Å²) in [4.78, 5) is 2.33. The van der Waals surface area contributed by atoms with Gasteiger partial charge >= 0.3 is 0 Å². The Morgan fingerprint density at radius 3 is 2.59 bits per heavy atom. The van der Waals surface area contributed by atoms with Crippen molar-refractivity contribution >= 4 is 0 Å². The van der Waals surface area contributed by atoms with Crippen molar-refractivity contribution in [1.82, 2.24) is 19.9 Å². The lowest BCUT2D eigenvalue weighted by Gasteiger charge is -2.32. The summed E-state index contributed by atoms with van der Waals surface area (Å²) in [6, 6.07) is 4.11. The Morgan fingerprint density at radius 1 is 1.29 bits per heavy atom. The van der Waals surface area contributed by atoms with E-state index in [4.69, 9.17) is 5.26 Å². The molecule has 1 N–H and O–H groups in total. The highest BCUT2D eigenvalue weighted by molar-refractivity contribution is 5.28. The van der Waals surface area contributed by atoms with Crippen LogP contribution in [0.15, 0.2) is 12.3 Å². The molecular weight excluding hydrogens is 214 g/mol. The summed E-state index contributed by atoms with van der Waals surface area (Å²) >= 11 is 0. The molecule has 0 saturated carbocycles. The number of rotatable bonds is 3. The number of hydrazine groups is 1. The zero-order valence-electron chi connectivity index (χ0n) is 10.5. The fourth-order valence-corrected chi connectivity index (χ4v) is 2.01. The van der Waals surface area contributed by atoms with Crippen LogP contribution < -0.4 is 5.43 Å². The van der Waals surface area contributed by atoms with Gasteiger partial charge in [0.15, 0.2) is 0 Å². The maximum absolute atomic E-state index is 8.87. The molecular formula is C12H19N5. The molecule has 0 atom stereocenters. The summed E-state index contributed by atoms with van der Waals surface area (Å²) in [7, 11) is 4.05. The molecule has 2 rings (SSSR count). The predicted molar refractivity (Wildman–Crippen MR) is 66.0 cm³/mol. The van der Waals surface area contributed by atoms with Gasteiger partial charge in [-0.3, -0.25) is 5.43 Å².